The molecule has 0 atom stereocenters. The molecule has 4 heterocycles. The lowest BCUT2D eigenvalue weighted by atomic mass is 10.1. The fraction of sp³-hybridized carbons (Fsp3) is 0.381. The molecule has 0 aromatic carbocycles. The second-order valence-electron chi connectivity index (χ2n) is 7.57. The largest absolute Gasteiger partial charge is 0.474 e. The number of likely N-dealkylation sites (tertiary alicyclic amines) is 1. The molecular formula is C21H24N6O4. The summed E-state index contributed by atoms with van der Waals surface area (Å²) < 4.78 is 13.0. The van der Waals surface area contributed by atoms with Crippen molar-refractivity contribution in [1.29, 1.82) is 0 Å². The zero-order valence-electron chi connectivity index (χ0n) is 17.4. The number of aromatic nitrogens is 4. The zero-order valence-corrected chi connectivity index (χ0v) is 17.4. The highest BCUT2D eigenvalue weighted by atomic mass is 16.5. The number of aryl methyl sites for hydroxylation is 1. The molecule has 0 aliphatic carbocycles. The minimum Gasteiger partial charge on any atom is -0.474 e. The Balaban J connectivity index is 1.27. The second-order valence-corrected chi connectivity index (χ2v) is 7.57. The summed E-state index contributed by atoms with van der Waals surface area (Å²) in [6.45, 7) is 4.96. The number of anilines is 1. The minimum absolute atomic E-state index is 0.0286. The maximum Gasteiger partial charge on any atom is 0.276 e. The van der Waals surface area contributed by atoms with Crippen molar-refractivity contribution in [3.63, 3.8) is 0 Å². The van der Waals surface area contributed by atoms with Crippen LogP contribution in [0.25, 0.3) is 0 Å². The van der Waals surface area contributed by atoms with Gasteiger partial charge in [-0.25, -0.2) is 4.98 Å². The summed E-state index contributed by atoms with van der Waals surface area (Å²) in [6.07, 6.45) is 6.58. The van der Waals surface area contributed by atoms with E-state index >= 15 is 0 Å². The Morgan fingerprint density at radius 1 is 1.26 bits per heavy atom. The molecule has 0 radical (unpaired) electrons. The van der Waals surface area contributed by atoms with Gasteiger partial charge in [-0.1, -0.05) is 5.16 Å². The predicted molar refractivity (Wildman–Crippen MR) is 111 cm³/mol. The van der Waals surface area contributed by atoms with E-state index in [-0.39, 0.29) is 17.9 Å². The number of pyridine rings is 1. The summed E-state index contributed by atoms with van der Waals surface area (Å²) >= 11 is 0. The number of carbonyl (C=O) groups is 2. The van der Waals surface area contributed by atoms with Crippen LogP contribution >= 0.6 is 0 Å². The summed E-state index contributed by atoms with van der Waals surface area (Å²) in [4.78, 5) is 29.8. The highest BCUT2D eigenvalue weighted by Crippen LogP contribution is 2.20. The summed E-state index contributed by atoms with van der Waals surface area (Å²) in [5.74, 6) is 0.776. The van der Waals surface area contributed by atoms with E-state index in [2.05, 4.69) is 20.6 Å². The maximum absolute atomic E-state index is 12.8. The number of piperidine rings is 1. The van der Waals surface area contributed by atoms with E-state index in [9.17, 15) is 9.59 Å². The Labute approximate surface area is 179 Å². The van der Waals surface area contributed by atoms with Crippen molar-refractivity contribution in [2.45, 2.75) is 39.3 Å². The first-order valence-electron chi connectivity index (χ1n) is 10.1. The molecule has 1 aliphatic rings. The fourth-order valence-corrected chi connectivity index (χ4v) is 3.44. The molecule has 162 valence electrons. The second kappa shape index (κ2) is 8.99. The van der Waals surface area contributed by atoms with Crippen LogP contribution in [0.1, 0.15) is 41.6 Å². The van der Waals surface area contributed by atoms with Gasteiger partial charge in [-0.2, -0.15) is 5.10 Å². The van der Waals surface area contributed by atoms with Crippen LogP contribution < -0.4 is 10.1 Å². The minimum atomic E-state index is -0.150. The van der Waals surface area contributed by atoms with Crippen LogP contribution in [0.4, 0.5) is 5.69 Å². The molecule has 0 bridgehead atoms. The zero-order chi connectivity index (χ0) is 21.8. The molecule has 1 fully saturated rings. The van der Waals surface area contributed by atoms with Crippen molar-refractivity contribution in [3.8, 4) is 5.88 Å². The van der Waals surface area contributed by atoms with Crippen molar-refractivity contribution in [2.75, 3.05) is 18.4 Å². The van der Waals surface area contributed by atoms with Gasteiger partial charge in [-0.05, 0) is 18.6 Å². The van der Waals surface area contributed by atoms with E-state index in [4.69, 9.17) is 9.26 Å². The SMILES string of the molecule is CC(=O)Nc1ccc(OC2CCN(C(=O)c3cc(Cn4cc(C)cn4)on3)CC2)nc1. The molecule has 1 aliphatic heterocycles. The molecule has 4 rings (SSSR count). The van der Waals surface area contributed by atoms with Gasteiger partial charge in [0.25, 0.3) is 5.91 Å². The Hall–Kier alpha value is -3.69. The lowest BCUT2D eigenvalue weighted by molar-refractivity contribution is -0.114. The highest BCUT2D eigenvalue weighted by Gasteiger charge is 2.27. The van der Waals surface area contributed by atoms with Crippen molar-refractivity contribution < 1.29 is 18.8 Å². The van der Waals surface area contributed by atoms with Crippen LogP contribution in [0.5, 0.6) is 5.88 Å². The summed E-state index contributed by atoms with van der Waals surface area (Å²) in [6, 6.07) is 5.14. The molecule has 3 aromatic rings. The number of amides is 2. The van der Waals surface area contributed by atoms with Gasteiger partial charge in [0, 0.05) is 51.2 Å². The van der Waals surface area contributed by atoms with Gasteiger partial charge in [0.15, 0.2) is 11.5 Å². The third kappa shape index (κ3) is 5.27. The molecular weight excluding hydrogens is 400 g/mol. The van der Waals surface area contributed by atoms with Crippen LogP contribution in [0.2, 0.25) is 0 Å². The van der Waals surface area contributed by atoms with E-state index in [0.717, 1.165) is 5.56 Å². The van der Waals surface area contributed by atoms with Crippen molar-refractivity contribution >= 4 is 17.5 Å². The van der Waals surface area contributed by atoms with Crippen LogP contribution in [-0.4, -0.2) is 55.8 Å². The third-order valence-electron chi connectivity index (χ3n) is 4.93. The van der Waals surface area contributed by atoms with Crippen LogP contribution in [0, 0.1) is 6.92 Å². The molecule has 3 aromatic heterocycles. The summed E-state index contributed by atoms with van der Waals surface area (Å²) in [5.41, 5.74) is 1.98. The molecule has 10 heteroatoms. The van der Waals surface area contributed by atoms with Crippen LogP contribution in [-0.2, 0) is 11.3 Å². The van der Waals surface area contributed by atoms with Gasteiger partial charge < -0.3 is 19.5 Å². The Bertz CT molecular complexity index is 1050. The first-order chi connectivity index (χ1) is 15.0. The lowest BCUT2D eigenvalue weighted by Crippen LogP contribution is -2.42. The smallest absolute Gasteiger partial charge is 0.276 e. The standard InChI is InChI=1S/C21H24N6O4/c1-14-10-23-27(12-14)13-18-9-19(25-31-18)21(29)26-7-5-17(6-8-26)30-20-4-3-16(11-22-20)24-15(2)28/h3-4,9-12,17H,5-8,13H2,1-2H3,(H,24,28). The first kappa shape index (κ1) is 20.6. The Kier molecular flexibility index (Phi) is 5.96. The van der Waals surface area contributed by atoms with E-state index in [0.29, 0.717) is 55.5 Å². The Morgan fingerprint density at radius 3 is 2.71 bits per heavy atom. The first-order valence-corrected chi connectivity index (χ1v) is 10.1. The maximum atomic E-state index is 12.8. The van der Waals surface area contributed by atoms with E-state index < -0.39 is 0 Å². The molecule has 1 saturated heterocycles. The van der Waals surface area contributed by atoms with Gasteiger partial charge in [0.1, 0.15) is 12.6 Å². The number of nitrogens with one attached hydrogen (secondary N) is 1. The summed E-state index contributed by atoms with van der Waals surface area (Å²) in [7, 11) is 0. The van der Waals surface area contributed by atoms with Gasteiger partial charge in [0.05, 0.1) is 18.1 Å². The van der Waals surface area contributed by atoms with Crippen LogP contribution in [0.15, 0.2) is 41.3 Å². The van der Waals surface area contributed by atoms with Crippen LogP contribution in [0.3, 0.4) is 0 Å². The number of carbonyl (C=O) groups excluding carboxylic acids is 2. The molecule has 0 saturated carbocycles. The van der Waals surface area contributed by atoms with E-state index in [1.807, 2.05) is 13.1 Å². The topological polar surface area (TPSA) is 115 Å². The van der Waals surface area contributed by atoms with Gasteiger partial charge in [-0.15, -0.1) is 0 Å². The van der Waals surface area contributed by atoms with Crippen molar-refractivity contribution in [1.82, 2.24) is 24.8 Å². The summed E-state index contributed by atoms with van der Waals surface area (Å²) in [5, 5.41) is 10.8. The van der Waals surface area contributed by atoms with Crippen molar-refractivity contribution in [3.05, 3.63) is 53.8 Å². The number of rotatable bonds is 6. The van der Waals surface area contributed by atoms with Gasteiger partial charge >= 0.3 is 0 Å². The van der Waals surface area contributed by atoms with Gasteiger partial charge in [-0.3, -0.25) is 14.3 Å². The predicted octanol–water partition coefficient (Wildman–Crippen LogP) is 2.26. The normalized spacial score (nSPS) is 14.5. The third-order valence-corrected chi connectivity index (χ3v) is 4.93. The molecule has 0 spiro atoms. The molecule has 0 unspecified atom stereocenters. The molecule has 31 heavy (non-hydrogen) atoms. The quantitative estimate of drug-likeness (QED) is 0.645. The number of nitrogens with zero attached hydrogens (tertiary/aromatic N) is 5. The molecule has 10 nitrogen and oxygen atoms in total. The van der Waals surface area contributed by atoms with Crippen molar-refractivity contribution in [2.24, 2.45) is 0 Å². The fourth-order valence-electron chi connectivity index (χ4n) is 3.44. The number of hydrogen-bond donors (Lipinski definition) is 1. The highest BCUT2D eigenvalue weighted by molar-refractivity contribution is 5.92. The van der Waals surface area contributed by atoms with E-state index in [1.165, 1.54) is 6.92 Å². The average molecular weight is 424 g/mol. The van der Waals surface area contributed by atoms with E-state index in [1.54, 1.807) is 40.2 Å². The molecule has 2 amide bonds. The lowest BCUT2D eigenvalue weighted by Gasteiger charge is -2.31. The average Bonchev–Trinajstić information content (AvgIpc) is 3.38. The number of ether oxygens (including phenoxy) is 1. The monoisotopic (exact) mass is 424 g/mol. The number of hydrogen-bond acceptors (Lipinski definition) is 7. The molecule has 1 N–H and O–H groups in total. The van der Waals surface area contributed by atoms with Gasteiger partial charge in [0.2, 0.25) is 11.8 Å². The Morgan fingerprint density at radius 2 is 2.06 bits per heavy atom.